The number of rotatable bonds is 5. The molecule has 0 saturated heterocycles. The summed E-state index contributed by atoms with van der Waals surface area (Å²) in [6, 6.07) is 4.35. The van der Waals surface area contributed by atoms with Gasteiger partial charge in [0.15, 0.2) is 0 Å². The third kappa shape index (κ3) is 4.81. The van der Waals surface area contributed by atoms with Crippen molar-refractivity contribution in [1.82, 2.24) is 0 Å². The molecule has 0 bridgehead atoms. The third-order valence-electron chi connectivity index (χ3n) is 5.65. The lowest BCUT2D eigenvalue weighted by Crippen LogP contribution is -2.28. The van der Waals surface area contributed by atoms with Gasteiger partial charge in [0.2, 0.25) is 11.8 Å². The maximum Gasteiger partial charge on any atom is 0.227 e. The van der Waals surface area contributed by atoms with Gasteiger partial charge in [-0.15, -0.1) is 0 Å². The van der Waals surface area contributed by atoms with Gasteiger partial charge in [-0.05, 0) is 49.8 Å². The van der Waals surface area contributed by atoms with Crippen molar-refractivity contribution in [2.24, 2.45) is 17.6 Å². The van der Waals surface area contributed by atoms with E-state index in [1.807, 2.05) is 0 Å². The zero-order valence-electron chi connectivity index (χ0n) is 15.1. The van der Waals surface area contributed by atoms with E-state index >= 15 is 0 Å². The highest BCUT2D eigenvalue weighted by atomic mass is 19.1. The Labute approximate surface area is 153 Å². The Morgan fingerprint density at radius 3 is 2.50 bits per heavy atom. The normalized spacial score (nSPS) is 23.6. The first-order valence-electron chi connectivity index (χ1n) is 9.69. The monoisotopic (exact) mass is 361 g/mol. The Morgan fingerprint density at radius 2 is 1.81 bits per heavy atom. The smallest absolute Gasteiger partial charge is 0.227 e. The number of carbonyl (C=O) groups excluding carboxylic acids is 2. The van der Waals surface area contributed by atoms with Crippen LogP contribution in [0.3, 0.4) is 0 Å². The molecule has 0 unspecified atom stereocenters. The van der Waals surface area contributed by atoms with Crippen molar-refractivity contribution >= 4 is 23.2 Å². The van der Waals surface area contributed by atoms with Gasteiger partial charge in [0.25, 0.3) is 0 Å². The summed E-state index contributed by atoms with van der Waals surface area (Å²) < 4.78 is 14.1. The summed E-state index contributed by atoms with van der Waals surface area (Å²) in [6.07, 6.45) is 8.32. The molecule has 3 rings (SSSR count). The van der Waals surface area contributed by atoms with Crippen molar-refractivity contribution in [3.05, 3.63) is 24.0 Å². The number of anilines is 2. The number of halogens is 1. The van der Waals surface area contributed by atoms with Gasteiger partial charge in [-0.3, -0.25) is 9.59 Å². The van der Waals surface area contributed by atoms with Crippen molar-refractivity contribution in [2.45, 2.75) is 63.8 Å². The zero-order valence-corrected chi connectivity index (χ0v) is 15.1. The van der Waals surface area contributed by atoms with E-state index in [0.29, 0.717) is 12.1 Å². The van der Waals surface area contributed by atoms with E-state index in [2.05, 4.69) is 10.6 Å². The van der Waals surface area contributed by atoms with Crippen LogP contribution in [-0.4, -0.2) is 17.9 Å². The van der Waals surface area contributed by atoms with Gasteiger partial charge in [-0.25, -0.2) is 4.39 Å². The van der Waals surface area contributed by atoms with E-state index < -0.39 is 5.82 Å². The van der Waals surface area contributed by atoms with Crippen LogP contribution < -0.4 is 16.4 Å². The minimum absolute atomic E-state index is 0.0507. The van der Waals surface area contributed by atoms with Crippen LogP contribution in [0.1, 0.15) is 57.8 Å². The van der Waals surface area contributed by atoms with Crippen LogP contribution in [0, 0.1) is 17.7 Å². The largest absolute Gasteiger partial charge is 0.327 e. The molecule has 1 aromatic carbocycles. The predicted octanol–water partition coefficient (Wildman–Crippen LogP) is 3.80. The molecule has 142 valence electrons. The number of hydrogen-bond acceptors (Lipinski definition) is 3. The highest BCUT2D eigenvalue weighted by molar-refractivity contribution is 5.95. The minimum atomic E-state index is -0.495. The Bertz CT molecular complexity index is 658. The Morgan fingerprint density at radius 1 is 1.04 bits per heavy atom. The number of hydrogen-bond donors (Lipinski definition) is 3. The van der Waals surface area contributed by atoms with Crippen molar-refractivity contribution in [3.8, 4) is 0 Å². The van der Waals surface area contributed by atoms with E-state index in [1.54, 1.807) is 0 Å². The fourth-order valence-electron chi connectivity index (χ4n) is 4.07. The fraction of sp³-hybridized carbons (Fsp3) is 0.600. The number of carbonyl (C=O) groups is 2. The van der Waals surface area contributed by atoms with Crippen LogP contribution in [-0.2, 0) is 9.59 Å². The topological polar surface area (TPSA) is 84.2 Å². The second-order valence-electron chi connectivity index (χ2n) is 7.63. The molecule has 0 aliphatic heterocycles. The standard InChI is InChI=1S/C20H28FN3O2/c21-16-10-9-15(23-19(25)11-14-7-4-8-17(14)22)12-18(16)24-20(26)13-5-2-1-3-6-13/h9-10,12-14,17H,1-8,11,22H2,(H,23,25)(H,24,26)/t14-,17+/m0/s1. The molecular formula is C20H28FN3O2. The molecule has 2 aliphatic carbocycles. The molecule has 2 atom stereocenters. The molecule has 0 aromatic heterocycles. The van der Waals surface area contributed by atoms with Crippen LogP contribution in [0.4, 0.5) is 15.8 Å². The van der Waals surface area contributed by atoms with Crippen molar-refractivity contribution in [3.63, 3.8) is 0 Å². The summed E-state index contributed by atoms with van der Waals surface area (Å²) >= 11 is 0. The highest BCUT2D eigenvalue weighted by Crippen LogP contribution is 2.28. The van der Waals surface area contributed by atoms with E-state index in [-0.39, 0.29) is 35.4 Å². The molecule has 0 radical (unpaired) electrons. The summed E-state index contributed by atoms with van der Waals surface area (Å²) in [5.74, 6) is -0.594. The van der Waals surface area contributed by atoms with E-state index in [4.69, 9.17) is 5.73 Å². The Hall–Kier alpha value is -1.95. The molecular weight excluding hydrogens is 333 g/mol. The van der Waals surface area contributed by atoms with Crippen molar-refractivity contribution in [1.29, 1.82) is 0 Å². The summed E-state index contributed by atoms with van der Waals surface area (Å²) in [7, 11) is 0. The number of benzene rings is 1. The van der Waals surface area contributed by atoms with Gasteiger partial charge in [-0.1, -0.05) is 25.7 Å². The number of amides is 2. The summed E-state index contributed by atoms with van der Waals surface area (Å²) in [4.78, 5) is 24.6. The van der Waals surface area contributed by atoms with E-state index in [1.165, 1.54) is 18.2 Å². The van der Waals surface area contributed by atoms with E-state index in [0.717, 1.165) is 51.4 Å². The summed E-state index contributed by atoms with van der Waals surface area (Å²) in [6.45, 7) is 0. The molecule has 0 heterocycles. The summed E-state index contributed by atoms with van der Waals surface area (Å²) in [5, 5.41) is 5.49. The molecule has 2 aliphatic rings. The SMILES string of the molecule is N[C@@H]1CCC[C@H]1CC(=O)Nc1ccc(F)c(NC(=O)C2CCCCC2)c1. The van der Waals surface area contributed by atoms with Gasteiger partial charge in [0.1, 0.15) is 5.82 Å². The average Bonchev–Trinajstić information content (AvgIpc) is 3.03. The molecule has 4 N–H and O–H groups in total. The first kappa shape index (κ1) is 18.8. The van der Waals surface area contributed by atoms with Crippen LogP contribution >= 0.6 is 0 Å². The Balaban J connectivity index is 1.59. The van der Waals surface area contributed by atoms with Gasteiger partial charge >= 0.3 is 0 Å². The lowest BCUT2D eigenvalue weighted by Gasteiger charge is -2.21. The van der Waals surface area contributed by atoms with Gasteiger partial charge in [0, 0.05) is 24.1 Å². The fourth-order valence-corrected chi connectivity index (χ4v) is 4.07. The van der Waals surface area contributed by atoms with Crippen LogP contribution in [0.2, 0.25) is 0 Å². The minimum Gasteiger partial charge on any atom is -0.327 e. The first-order chi connectivity index (χ1) is 12.5. The van der Waals surface area contributed by atoms with Gasteiger partial charge < -0.3 is 16.4 Å². The van der Waals surface area contributed by atoms with Crippen molar-refractivity contribution < 1.29 is 14.0 Å². The second-order valence-corrected chi connectivity index (χ2v) is 7.63. The predicted molar refractivity (Wildman–Crippen MR) is 100 cm³/mol. The quantitative estimate of drug-likeness (QED) is 0.746. The van der Waals surface area contributed by atoms with Gasteiger partial charge in [-0.2, -0.15) is 0 Å². The maximum absolute atomic E-state index is 14.1. The van der Waals surface area contributed by atoms with Crippen LogP contribution in [0.25, 0.3) is 0 Å². The second kappa shape index (κ2) is 8.62. The number of nitrogens with one attached hydrogen (secondary N) is 2. The first-order valence-corrected chi connectivity index (χ1v) is 9.69. The molecule has 26 heavy (non-hydrogen) atoms. The van der Waals surface area contributed by atoms with Crippen molar-refractivity contribution in [2.75, 3.05) is 10.6 Å². The lowest BCUT2D eigenvalue weighted by molar-refractivity contribution is -0.120. The molecule has 0 spiro atoms. The molecule has 2 saturated carbocycles. The number of nitrogens with two attached hydrogens (primary N) is 1. The maximum atomic E-state index is 14.1. The summed E-state index contributed by atoms with van der Waals surface area (Å²) in [5.41, 5.74) is 6.62. The zero-order chi connectivity index (χ0) is 18.5. The lowest BCUT2D eigenvalue weighted by atomic mass is 9.88. The molecule has 6 heteroatoms. The molecule has 2 fully saturated rings. The highest BCUT2D eigenvalue weighted by Gasteiger charge is 2.26. The van der Waals surface area contributed by atoms with Crippen LogP contribution in [0.15, 0.2) is 18.2 Å². The molecule has 5 nitrogen and oxygen atoms in total. The average molecular weight is 361 g/mol. The molecule has 2 amide bonds. The molecule has 1 aromatic rings. The van der Waals surface area contributed by atoms with Crippen LogP contribution in [0.5, 0.6) is 0 Å². The van der Waals surface area contributed by atoms with E-state index in [9.17, 15) is 14.0 Å². The van der Waals surface area contributed by atoms with Gasteiger partial charge in [0.05, 0.1) is 5.69 Å². The Kier molecular flexibility index (Phi) is 6.25. The third-order valence-corrected chi connectivity index (χ3v) is 5.65.